The van der Waals surface area contributed by atoms with Gasteiger partial charge in [0.1, 0.15) is 18.1 Å². The minimum absolute atomic E-state index is 0.0474. The predicted molar refractivity (Wildman–Crippen MR) is 127 cm³/mol. The van der Waals surface area contributed by atoms with Crippen molar-refractivity contribution < 1.29 is 39.0 Å². The average Bonchev–Trinajstić information content (AvgIpc) is 2.77. The first kappa shape index (κ1) is 30.0. The summed E-state index contributed by atoms with van der Waals surface area (Å²) in [5, 5.41) is 25.5. The number of carbonyl (C=O) groups excluding carboxylic acids is 4. The molecule has 13 heteroatoms. The van der Waals surface area contributed by atoms with Crippen LogP contribution in [0.15, 0.2) is 30.3 Å². The SMILES string of the molecule is CC(C)CC(NC(=O)C(CC(=O)O)NC(=O)C(Cc1ccccc1)NC(=O)C(N)CC(N)=O)C(=O)O. The van der Waals surface area contributed by atoms with Gasteiger partial charge in [0.25, 0.3) is 0 Å². The highest BCUT2D eigenvalue weighted by molar-refractivity contribution is 5.96. The van der Waals surface area contributed by atoms with Gasteiger partial charge in [0, 0.05) is 6.42 Å². The first-order valence-corrected chi connectivity index (χ1v) is 11.2. The summed E-state index contributed by atoms with van der Waals surface area (Å²) < 4.78 is 0. The maximum atomic E-state index is 13.1. The first-order chi connectivity index (χ1) is 16.8. The third kappa shape index (κ3) is 11.0. The van der Waals surface area contributed by atoms with E-state index in [0.717, 1.165) is 0 Å². The first-order valence-electron chi connectivity index (χ1n) is 11.2. The third-order valence-electron chi connectivity index (χ3n) is 5.01. The van der Waals surface area contributed by atoms with Crippen LogP contribution in [0.1, 0.15) is 38.7 Å². The molecule has 0 heterocycles. The van der Waals surface area contributed by atoms with Crippen molar-refractivity contribution in [3.8, 4) is 0 Å². The van der Waals surface area contributed by atoms with Gasteiger partial charge in [0.15, 0.2) is 0 Å². The fourth-order valence-corrected chi connectivity index (χ4v) is 3.27. The lowest BCUT2D eigenvalue weighted by Gasteiger charge is -2.25. The minimum Gasteiger partial charge on any atom is -0.481 e. The average molecular weight is 508 g/mol. The van der Waals surface area contributed by atoms with Crippen LogP contribution in [0.2, 0.25) is 0 Å². The molecule has 0 radical (unpaired) electrons. The number of primary amides is 1. The molecule has 198 valence electrons. The molecule has 1 aromatic rings. The molecular formula is C23H33N5O8. The van der Waals surface area contributed by atoms with Gasteiger partial charge >= 0.3 is 11.9 Å². The molecule has 4 unspecified atom stereocenters. The summed E-state index contributed by atoms with van der Waals surface area (Å²) in [7, 11) is 0. The normalized spacial score (nSPS) is 14.1. The summed E-state index contributed by atoms with van der Waals surface area (Å²) in [4.78, 5) is 72.2. The molecule has 1 rings (SSSR count). The number of nitrogens with two attached hydrogens (primary N) is 2. The summed E-state index contributed by atoms with van der Waals surface area (Å²) in [5.74, 6) is -6.41. The summed E-state index contributed by atoms with van der Waals surface area (Å²) in [6.07, 6.45) is -1.27. The van der Waals surface area contributed by atoms with Crippen LogP contribution in [0.5, 0.6) is 0 Å². The Bertz CT molecular complexity index is 953. The van der Waals surface area contributed by atoms with Gasteiger partial charge in [-0.1, -0.05) is 44.2 Å². The van der Waals surface area contributed by atoms with E-state index < -0.39 is 72.6 Å². The standard InChI is InChI=1S/C23H33N5O8/c1-12(2)8-17(23(35)36)28-22(34)16(11-19(30)31)27-21(33)15(9-13-6-4-3-5-7-13)26-20(32)14(24)10-18(25)29/h3-7,12,14-17H,8-11,24H2,1-2H3,(H2,25,29)(H,26,32)(H,27,33)(H,28,34)(H,30,31)(H,35,36). The van der Waals surface area contributed by atoms with Gasteiger partial charge in [-0.2, -0.15) is 0 Å². The van der Waals surface area contributed by atoms with Crippen LogP contribution in [-0.2, 0) is 35.2 Å². The van der Waals surface area contributed by atoms with E-state index in [9.17, 15) is 39.0 Å². The van der Waals surface area contributed by atoms with E-state index in [2.05, 4.69) is 16.0 Å². The number of rotatable bonds is 15. The molecule has 0 fully saturated rings. The summed E-state index contributed by atoms with van der Waals surface area (Å²) in [5.41, 5.74) is 11.3. The summed E-state index contributed by atoms with van der Waals surface area (Å²) >= 11 is 0. The van der Waals surface area contributed by atoms with E-state index in [4.69, 9.17) is 11.5 Å². The molecule has 0 saturated carbocycles. The number of hydrogen-bond acceptors (Lipinski definition) is 7. The van der Waals surface area contributed by atoms with E-state index in [-0.39, 0.29) is 18.8 Å². The van der Waals surface area contributed by atoms with Crippen LogP contribution in [0.25, 0.3) is 0 Å². The van der Waals surface area contributed by atoms with Crippen molar-refractivity contribution in [2.24, 2.45) is 17.4 Å². The van der Waals surface area contributed by atoms with Crippen LogP contribution in [-0.4, -0.2) is 69.9 Å². The van der Waals surface area contributed by atoms with E-state index in [1.807, 2.05) is 0 Å². The lowest BCUT2D eigenvalue weighted by atomic mass is 10.0. The molecule has 4 amide bonds. The van der Waals surface area contributed by atoms with Gasteiger partial charge < -0.3 is 37.6 Å². The molecule has 0 aliphatic heterocycles. The fraction of sp³-hybridized carbons (Fsp3) is 0.478. The van der Waals surface area contributed by atoms with Gasteiger partial charge in [-0.05, 0) is 17.9 Å². The Balaban J connectivity index is 3.12. The number of benzene rings is 1. The van der Waals surface area contributed by atoms with Gasteiger partial charge in [0.2, 0.25) is 23.6 Å². The Kier molecular flexibility index (Phi) is 12.0. The van der Waals surface area contributed by atoms with E-state index >= 15 is 0 Å². The van der Waals surface area contributed by atoms with Crippen LogP contribution in [0.3, 0.4) is 0 Å². The number of carbonyl (C=O) groups is 6. The lowest BCUT2D eigenvalue weighted by molar-refractivity contribution is -0.144. The van der Waals surface area contributed by atoms with Crippen molar-refractivity contribution in [1.82, 2.24) is 16.0 Å². The number of carboxylic acids is 2. The van der Waals surface area contributed by atoms with Crippen LogP contribution < -0.4 is 27.4 Å². The van der Waals surface area contributed by atoms with Crippen molar-refractivity contribution in [2.75, 3.05) is 0 Å². The highest BCUT2D eigenvalue weighted by atomic mass is 16.4. The molecule has 0 saturated heterocycles. The maximum Gasteiger partial charge on any atom is 0.326 e. The number of hydrogen-bond donors (Lipinski definition) is 7. The molecule has 1 aromatic carbocycles. The van der Waals surface area contributed by atoms with Crippen molar-refractivity contribution >= 4 is 35.6 Å². The molecule has 9 N–H and O–H groups in total. The Morgan fingerprint density at radius 2 is 1.33 bits per heavy atom. The van der Waals surface area contributed by atoms with Gasteiger partial charge in [-0.3, -0.25) is 24.0 Å². The Morgan fingerprint density at radius 3 is 1.83 bits per heavy atom. The number of carboxylic acid groups (broad SMARTS) is 2. The highest BCUT2D eigenvalue weighted by Gasteiger charge is 2.32. The summed E-state index contributed by atoms with van der Waals surface area (Å²) in [6.45, 7) is 3.50. The number of amides is 4. The number of aliphatic carboxylic acids is 2. The maximum absolute atomic E-state index is 13.1. The van der Waals surface area contributed by atoms with E-state index in [0.29, 0.717) is 5.56 Å². The second-order valence-electron chi connectivity index (χ2n) is 8.72. The molecule has 0 aromatic heterocycles. The van der Waals surface area contributed by atoms with Crippen LogP contribution in [0.4, 0.5) is 0 Å². The Morgan fingerprint density at radius 1 is 0.806 bits per heavy atom. The van der Waals surface area contributed by atoms with Crippen molar-refractivity contribution in [1.29, 1.82) is 0 Å². The zero-order valence-electron chi connectivity index (χ0n) is 20.1. The van der Waals surface area contributed by atoms with E-state index in [1.54, 1.807) is 44.2 Å². The number of nitrogens with one attached hydrogen (secondary N) is 3. The topological polar surface area (TPSA) is 231 Å². The third-order valence-corrected chi connectivity index (χ3v) is 5.01. The predicted octanol–water partition coefficient (Wildman–Crippen LogP) is -1.51. The minimum atomic E-state index is -1.63. The Hall–Kier alpha value is -4.00. The van der Waals surface area contributed by atoms with Crippen molar-refractivity contribution in [2.45, 2.75) is 63.7 Å². The summed E-state index contributed by atoms with van der Waals surface area (Å²) in [6, 6.07) is 2.95. The molecule has 4 atom stereocenters. The quantitative estimate of drug-likeness (QED) is 0.146. The van der Waals surface area contributed by atoms with E-state index in [1.165, 1.54) is 0 Å². The van der Waals surface area contributed by atoms with Crippen molar-refractivity contribution in [3.63, 3.8) is 0 Å². The molecule has 0 bridgehead atoms. The van der Waals surface area contributed by atoms with Gasteiger partial charge in [0.05, 0.1) is 18.9 Å². The van der Waals surface area contributed by atoms with Gasteiger partial charge in [-0.25, -0.2) is 4.79 Å². The molecule has 13 nitrogen and oxygen atoms in total. The molecular weight excluding hydrogens is 474 g/mol. The second kappa shape index (κ2) is 14.4. The lowest BCUT2D eigenvalue weighted by Crippen LogP contribution is -2.58. The smallest absolute Gasteiger partial charge is 0.326 e. The van der Waals surface area contributed by atoms with Crippen LogP contribution in [0, 0.1) is 5.92 Å². The molecule has 36 heavy (non-hydrogen) atoms. The largest absolute Gasteiger partial charge is 0.481 e. The monoisotopic (exact) mass is 507 g/mol. The van der Waals surface area contributed by atoms with Gasteiger partial charge in [-0.15, -0.1) is 0 Å². The molecule has 0 spiro atoms. The zero-order chi connectivity index (χ0) is 27.4. The molecule has 0 aliphatic rings. The Labute approximate surface area is 208 Å². The fourth-order valence-electron chi connectivity index (χ4n) is 3.27. The second-order valence-corrected chi connectivity index (χ2v) is 8.72. The van der Waals surface area contributed by atoms with Crippen LogP contribution >= 0.6 is 0 Å². The zero-order valence-corrected chi connectivity index (χ0v) is 20.1. The highest BCUT2D eigenvalue weighted by Crippen LogP contribution is 2.08. The molecule has 0 aliphatic carbocycles. The van der Waals surface area contributed by atoms with Crippen molar-refractivity contribution in [3.05, 3.63) is 35.9 Å².